The molecule has 1 aromatic heterocycles. The van der Waals surface area contributed by atoms with E-state index in [0.29, 0.717) is 0 Å². The molecule has 0 aliphatic carbocycles. The number of likely N-dealkylation sites (tertiary alicyclic amines) is 1. The largest absolute Gasteiger partial charge is 0.316 e. The second-order valence-electron chi connectivity index (χ2n) is 4.97. The van der Waals surface area contributed by atoms with Gasteiger partial charge in [-0.05, 0) is 37.9 Å². The van der Waals surface area contributed by atoms with Gasteiger partial charge in [0.1, 0.15) is 5.82 Å². The van der Waals surface area contributed by atoms with Crippen LogP contribution in [0, 0.1) is 18.8 Å². The molecule has 4 heteroatoms. The maximum absolute atomic E-state index is 4.46. The summed E-state index contributed by atoms with van der Waals surface area (Å²) in [5.41, 5.74) is 1.15. The first-order valence-corrected chi connectivity index (χ1v) is 6.03. The zero-order chi connectivity index (χ0) is 11.0. The van der Waals surface area contributed by atoms with Gasteiger partial charge in [-0.3, -0.25) is 4.90 Å². The summed E-state index contributed by atoms with van der Waals surface area (Å²) in [6.07, 6.45) is 1.86. The minimum Gasteiger partial charge on any atom is -0.316 e. The average Bonchev–Trinajstić information content (AvgIpc) is 2.77. The molecule has 0 unspecified atom stereocenters. The molecular weight excluding hydrogens is 200 g/mol. The molecule has 0 amide bonds. The highest BCUT2D eigenvalue weighted by atomic mass is 15.2. The quantitative estimate of drug-likeness (QED) is 0.782. The smallest absolute Gasteiger partial charge is 0.125 e. The van der Waals surface area contributed by atoms with E-state index >= 15 is 0 Å². The van der Waals surface area contributed by atoms with E-state index in [1.165, 1.54) is 26.2 Å². The third-order valence-corrected chi connectivity index (χ3v) is 3.68. The summed E-state index contributed by atoms with van der Waals surface area (Å²) in [5, 5.41) is 3.47. The molecule has 3 heterocycles. The molecule has 1 N–H and O–H groups in total. The van der Waals surface area contributed by atoms with Crippen molar-refractivity contribution in [3.63, 3.8) is 0 Å². The lowest BCUT2D eigenvalue weighted by atomic mass is 10.0. The summed E-state index contributed by atoms with van der Waals surface area (Å²) < 4.78 is 0. The van der Waals surface area contributed by atoms with E-state index in [9.17, 15) is 0 Å². The van der Waals surface area contributed by atoms with Crippen molar-refractivity contribution in [3.8, 4) is 0 Å². The Bertz CT molecular complexity index is 367. The summed E-state index contributed by atoms with van der Waals surface area (Å²) in [6.45, 7) is 7.78. The van der Waals surface area contributed by atoms with Gasteiger partial charge >= 0.3 is 0 Å². The van der Waals surface area contributed by atoms with Gasteiger partial charge in [-0.25, -0.2) is 9.97 Å². The lowest BCUT2D eigenvalue weighted by Crippen LogP contribution is -2.25. The average molecular weight is 218 g/mol. The molecule has 16 heavy (non-hydrogen) atoms. The van der Waals surface area contributed by atoms with Crippen molar-refractivity contribution in [2.45, 2.75) is 13.5 Å². The summed E-state index contributed by atoms with van der Waals surface area (Å²) in [4.78, 5) is 11.1. The Morgan fingerprint density at radius 2 is 2.12 bits per heavy atom. The number of aryl methyl sites for hydroxylation is 1. The maximum Gasteiger partial charge on any atom is 0.125 e. The van der Waals surface area contributed by atoms with Crippen LogP contribution in [0.2, 0.25) is 0 Å². The fraction of sp³-hybridized carbons (Fsp3) is 0.667. The molecule has 3 rings (SSSR count). The number of rotatable bonds is 2. The van der Waals surface area contributed by atoms with E-state index in [1.807, 2.05) is 19.2 Å². The van der Waals surface area contributed by atoms with Crippen LogP contribution in [0.1, 0.15) is 11.5 Å². The highest BCUT2D eigenvalue weighted by molar-refractivity contribution is 5.03. The number of nitrogens with one attached hydrogen (secondary N) is 1. The summed E-state index contributed by atoms with van der Waals surface area (Å²) >= 11 is 0. The highest BCUT2D eigenvalue weighted by Crippen LogP contribution is 2.26. The van der Waals surface area contributed by atoms with Crippen molar-refractivity contribution in [2.24, 2.45) is 11.8 Å². The Balaban J connectivity index is 1.64. The zero-order valence-corrected chi connectivity index (χ0v) is 9.69. The van der Waals surface area contributed by atoms with Gasteiger partial charge in [-0.2, -0.15) is 0 Å². The first-order chi connectivity index (χ1) is 7.81. The normalized spacial score (nSPS) is 29.6. The molecule has 2 aliphatic heterocycles. The fourth-order valence-electron chi connectivity index (χ4n) is 2.90. The number of hydrogen-bond donors (Lipinski definition) is 1. The second-order valence-corrected chi connectivity index (χ2v) is 4.97. The van der Waals surface area contributed by atoms with Crippen LogP contribution in [0.3, 0.4) is 0 Å². The molecule has 0 aromatic carbocycles. The Kier molecular flexibility index (Phi) is 2.61. The topological polar surface area (TPSA) is 41.1 Å². The minimum atomic E-state index is 0.864. The standard InChI is InChI=1S/C12H18N4/c1-9-14-3-2-12(15-9)8-16-6-10-4-13-5-11(10)7-16/h2-3,10-11,13H,4-8H2,1H3/t10-,11+. The molecule has 0 saturated carbocycles. The molecule has 86 valence electrons. The monoisotopic (exact) mass is 218 g/mol. The number of nitrogens with zero attached hydrogens (tertiary/aromatic N) is 3. The first kappa shape index (κ1) is 10.2. The van der Waals surface area contributed by atoms with Gasteiger partial charge in [0, 0.05) is 25.8 Å². The number of aromatic nitrogens is 2. The summed E-state index contributed by atoms with van der Waals surface area (Å²) in [6, 6.07) is 2.03. The third kappa shape index (κ3) is 1.95. The van der Waals surface area contributed by atoms with Crippen LogP contribution in [0.15, 0.2) is 12.3 Å². The van der Waals surface area contributed by atoms with E-state index < -0.39 is 0 Å². The molecule has 2 aliphatic rings. The van der Waals surface area contributed by atoms with Gasteiger partial charge < -0.3 is 5.32 Å². The van der Waals surface area contributed by atoms with Gasteiger partial charge in [0.15, 0.2) is 0 Å². The van der Waals surface area contributed by atoms with Crippen LogP contribution in [0.5, 0.6) is 0 Å². The molecule has 2 fully saturated rings. The van der Waals surface area contributed by atoms with Gasteiger partial charge in [0.25, 0.3) is 0 Å². The lowest BCUT2D eigenvalue weighted by molar-refractivity contribution is 0.301. The van der Waals surface area contributed by atoms with Gasteiger partial charge in [0.05, 0.1) is 5.69 Å². The van der Waals surface area contributed by atoms with Crippen LogP contribution in [-0.4, -0.2) is 41.0 Å². The molecule has 1 aromatic rings. The van der Waals surface area contributed by atoms with Crippen LogP contribution in [0.25, 0.3) is 0 Å². The predicted octanol–water partition coefficient (Wildman–Crippen LogP) is 0.436. The Morgan fingerprint density at radius 3 is 2.81 bits per heavy atom. The van der Waals surface area contributed by atoms with E-state index in [-0.39, 0.29) is 0 Å². The first-order valence-electron chi connectivity index (χ1n) is 6.03. The lowest BCUT2D eigenvalue weighted by Gasteiger charge is -2.16. The van der Waals surface area contributed by atoms with Crippen molar-refractivity contribution < 1.29 is 0 Å². The molecular formula is C12H18N4. The minimum absolute atomic E-state index is 0.864. The predicted molar refractivity (Wildman–Crippen MR) is 61.9 cm³/mol. The highest BCUT2D eigenvalue weighted by Gasteiger charge is 2.35. The number of fused-ring (bicyclic) bond motifs is 1. The van der Waals surface area contributed by atoms with E-state index in [1.54, 1.807) is 0 Å². The van der Waals surface area contributed by atoms with E-state index in [4.69, 9.17) is 0 Å². The van der Waals surface area contributed by atoms with Crippen molar-refractivity contribution in [1.82, 2.24) is 20.2 Å². The van der Waals surface area contributed by atoms with Gasteiger partial charge in [-0.1, -0.05) is 0 Å². The number of hydrogen-bond acceptors (Lipinski definition) is 4. The zero-order valence-electron chi connectivity index (χ0n) is 9.69. The SMILES string of the molecule is Cc1nccc(CN2C[C@H]3CNC[C@H]3C2)n1. The van der Waals surface area contributed by atoms with Gasteiger partial charge in [0.2, 0.25) is 0 Å². The molecule has 0 bridgehead atoms. The summed E-state index contributed by atoms with van der Waals surface area (Å²) in [7, 11) is 0. The van der Waals surface area contributed by atoms with Crippen LogP contribution in [0.4, 0.5) is 0 Å². The molecule has 0 radical (unpaired) electrons. The maximum atomic E-state index is 4.46. The molecule has 2 saturated heterocycles. The van der Waals surface area contributed by atoms with Crippen LogP contribution < -0.4 is 5.32 Å². The van der Waals surface area contributed by atoms with E-state index in [0.717, 1.165) is 29.9 Å². The Hall–Kier alpha value is -1.00. The van der Waals surface area contributed by atoms with Crippen molar-refractivity contribution >= 4 is 0 Å². The van der Waals surface area contributed by atoms with Crippen molar-refractivity contribution in [3.05, 3.63) is 23.8 Å². The van der Waals surface area contributed by atoms with E-state index in [2.05, 4.69) is 20.2 Å². The van der Waals surface area contributed by atoms with Crippen molar-refractivity contribution in [1.29, 1.82) is 0 Å². The summed E-state index contributed by atoms with van der Waals surface area (Å²) in [5.74, 6) is 2.60. The van der Waals surface area contributed by atoms with Crippen LogP contribution in [-0.2, 0) is 6.54 Å². The fourth-order valence-corrected chi connectivity index (χ4v) is 2.90. The Labute approximate surface area is 96.1 Å². The Morgan fingerprint density at radius 1 is 1.38 bits per heavy atom. The molecule has 4 nitrogen and oxygen atoms in total. The third-order valence-electron chi connectivity index (χ3n) is 3.68. The van der Waals surface area contributed by atoms with Crippen LogP contribution >= 0.6 is 0 Å². The molecule has 0 spiro atoms. The van der Waals surface area contributed by atoms with Gasteiger partial charge in [-0.15, -0.1) is 0 Å². The van der Waals surface area contributed by atoms with Crippen molar-refractivity contribution in [2.75, 3.05) is 26.2 Å². The molecule has 2 atom stereocenters. The second kappa shape index (κ2) is 4.11.